The predicted octanol–water partition coefficient (Wildman–Crippen LogP) is 1.75. The van der Waals surface area contributed by atoms with Gasteiger partial charge in [0.15, 0.2) is 0 Å². The first-order valence-electron chi connectivity index (χ1n) is 6.72. The van der Waals surface area contributed by atoms with Crippen molar-refractivity contribution >= 4 is 0 Å². The third-order valence-electron chi connectivity index (χ3n) is 4.23. The minimum Gasteiger partial charge on any atom is -0.307 e. The Morgan fingerprint density at radius 2 is 2.41 bits per heavy atom. The number of fused-ring (bicyclic) bond motifs is 1. The number of pyridine rings is 1. The first-order chi connectivity index (χ1) is 8.34. The molecule has 3 heteroatoms. The summed E-state index contributed by atoms with van der Waals surface area (Å²) < 4.78 is 0. The molecule has 1 aliphatic carbocycles. The van der Waals surface area contributed by atoms with Gasteiger partial charge in [-0.3, -0.25) is 4.98 Å². The van der Waals surface area contributed by atoms with E-state index in [0.717, 1.165) is 12.6 Å². The van der Waals surface area contributed by atoms with Crippen LogP contribution in [0.15, 0.2) is 18.3 Å². The standard InChI is InChI=1S/C14H21N3/c1-17-9-3-5-12(17)10-16-13-7-6-11-4-2-8-15-14(11)13/h2,4,8,12-13,16H,3,5-7,9-10H2,1H3. The summed E-state index contributed by atoms with van der Waals surface area (Å²) in [4.78, 5) is 7.00. The van der Waals surface area contributed by atoms with Gasteiger partial charge < -0.3 is 10.2 Å². The number of rotatable bonds is 3. The Morgan fingerprint density at radius 3 is 3.24 bits per heavy atom. The Hall–Kier alpha value is -0.930. The normalized spacial score (nSPS) is 28.5. The molecule has 1 aromatic rings. The summed E-state index contributed by atoms with van der Waals surface area (Å²) in [6.07, 6.45) is 7.00. The van der Waals surface area contributed by atoms with Crippen LogP contribution in [0.25, 0.3) is 0 Å². The van der Waals surface area contributed by atoms with E-state index in [2.05, 4.69) is 28.3 Å². The first kappa shape index (κ1) is 11.2. The second kappa shape index (κ2) is 4.75. The van der Waals surface area contributed by atoms with E-state index in [1.54, 1.807) is 0 Å². The maximum Gasteiger partial charge on any atom is 0.0605 e. The number of likely N-dealkylation sites (N-methyl/N-ethyl adjacent to an activating group) is 1. The van der Waals surface area contributed by atoms with E-state index < -0.39 is 0 Å². The molecule has 1 N–H and O–H groups in total. The van der Waals surface area contributed by atoms with E-state index >= 15 is 0 Å². The van der Waals surface area contributed by atoms with Gasteiger partial charge in [0.2, 0.25) is 0 Å². The molecule has 1 aliphatic heterocycles. The van der Waals surface area contributed by atoms with Crippen LogP contribution in [-0.2, 0) is 6.42 Å². The zero-order valence-electron chi connectivity index (χ0n) is 10.5. The number of aryl methyl sites for hydroxylation is 1. The highest BCUT2D eigenvalue weighted by Crippen LogP contribution is 2.29. The van der Waals surface area contributed by atoms with Crippen molar-refractivity contribution in [1.29, 1.82) is 0 Å². The van der Waals surface area contributed by atoms with Crippen molar-refractivity contribution in [3.63, 3.8) is 0 Å². The molecular formula is C14H21N3. The molecule has 2 aliphatic rings. The average Bonchev–Trinajstić information content (AvgIpc) is 2.93. The van der Waals surface area contributed by atoms with Crippen molar-refractivity contribution in [2.45, 2.75) is 37.8 Å². The molecule has 0 amide bonds. The van der Waals surface area contributed by atoms with Crippen LogP contribution in [0.3, 0.4) is 0 Å². The fourth-order valence-corrected chi connectivity index (χ4v) is 3.13. The number of aromatic nitrogens is 1. The van der Waals surface area contributed by atoms with Gasteiger partial charge in [0.25, 0.3) is 0 Å². The Balaban J connectivity index is 1.60. The van der Waals surface area contributed by atoms with Crippen LogP contribution in [0.4, 0.5) is 0 Å². The van der Waals surface area contributed by atoms with Gasteiger partial charge in [0, 0.05) is 18.8 Å². The number of hydrogen-bond donors (Lipinski definition) is 1. The molecule has 3 nitrogen and oxygen atoms in total. The highest BCUT2D eigenvalue weighted by Gasteiger charge is 2.26. The summed E-state index contributed by atoms with van der Waals surface area (Å²) in [7, 11) is 2.24. The molecule has 1 aromatic heterocycles. The molecule has 0 bridgehead atoms. The molecule has 2 atom stereocenters. The van der Waals surface area contributed by atoms with Gasteiger partial charge in [-0.25, -0.2) is 0 Å². The Bertz CT molecular complexity index is 391. The molecular weight excluding hydrogens is 210 g/mol. The van der Waals surface area contributed by atoms with Crippen molar-refractivity contribution < 1.29 is 0 Å². The second-order valence-corrected chi connectivity index (χ2v) is 5.32. The summed E-state index contributed by atoms with van der Waals surface area (Å²) in [6.45, 7) is 2.36. The van der Waals surface area contributed by atoms with Crippen LogP contribution in [0, 0.1) is 0 Å². The summed E-state index contributed by atoms with van der Waals surface area (Å²) in [5.74, 6) is 0. The molecule has 2 unspecified atom stereocenters. The van der Waals surface area contributed by atoms with Crippen LogP contribution in [0.5, 0.6) is 0 Å². The molecule has 0 spiro atoms. The fourth-order valence-electron chi connectivity index (χ4n) is 3.13. The molecule has 2 heterocycles. The van der Waals surface area contributed by atoms with E-state index in [0.29, 0.717) is 6.04 Å². The molecule has 17 heavy (non-hydrogen) atoms. The van der Waals surface area contributed by atoms with Crippen molar-refractivity contribution in [1.82, 2.24) is 15.2 Å². The molecule has 0 saturated carbocycles. The minimum absolute atomic E-state index is 0.486. The number of likely N-dealkylation sites (tertiary alicyclic amines) is 1. The third-order valence-corrected chi connectivity index (χ3v) is 4.23. The molecule has 0 aromatic carbocycles. The van der Waals surface area contributed by atoms with Gasteiger partial charge in [-0.15, -0.1) is 0 Å². The van der Waals surface area contributed by atoms with Gasteiger partial charge in [0.1, 0.15) is 0 Å². The quantitative estimate of drug-likeness (QED) is 0.859. The number of nitrogens with one attached hydrogen (secondary N) is 1. The third kappa shape index (κ3) is 2.22. The summed E-state index contributed by atoms with van der Waals surface area (Å²) in [6, 6.07) is 5.47. The highest BCUT2D eigenvalue weighted by molar-refractivity contribution is 5.27. The van der Waals surface area contributed by atoms with Crippen LogP contribution in [0.1, 0.15) is 36.6 Å². The van der Waals surface area contributed by atoms with Crippen molar-refractivity contribution in [3.05, 3.63) is 29.6 Å². The van der Waals surface area contributed by atoms with Crippen molar-refractivity contribution in [2.75, 3.05) is 20.1 Å². The lowest BCUT2D eigenvalue weighted by atomic mass is 10.2. The van der Waals surface area contributed by atoms with E-state index in [1.807, 2.05) is 12.3 Å². The molecule has 92 valence electrons. The second-order valence-electron chi connectivity index (χ2n) is 5.32. The van der Waals surface area contributed by atoms with Gasteiger partial charge in [-0.1, -0.05) is 6.07 Å². The molecule has 3 rings (SSSR count). The van der Waals surface area contributed by atoms with Crippen LogP contribution >= 0.6 is 0 Å². The maximum absolute atomic E-state index is 4.53. The van der Waals surface area contributed by atoms with Crippen LogP contribution in [0.2, 0.25) is 0 Å². The van der Waals surface area contributed by atoms with E-state index in [-0.39, 0.29) is 0 Å². The van der Waals surface area contributed by atoms with Crippen LogP contribution < -0.4 is 5.32 Å². The molecule has 1 saturated heterocycles. The summed E-state index contributed by atoms with van der Waals surface area (Å²) in [5.41, 5.74) is 2.72. The monoisotopic (exact) mass is 231 g/mol. The Kier molecular flexibility index (Phi) is 3.12. The lowest BCUT2D eigenvalue weighted by Gasteiger charge is -2.22. The van der Waals surface area contributed by atoms with Crippen molar-refractivity contribution in [2.24, 2.45) is 0 Å². The van der Waals surface area contributed by atoms with Gasteiger partial charge in [-0.05, 0) is 50.9 Å². The highest BCUT2D eigenvalue weighted by atomic mass is 15.2. The van der Waals surface area contributed by atoms with Crippen molar-refractivity contribution in [3.8, 4) is 0 Å². The number of hydrogen-bond acceptors (Lipinski definition) is 3. The lowest BCUT2D eigenvalue weighted by Crippen LogP contribution is -2.36. The van der Waals surface area contributed by atoms with Gasteiger partial charge >= 0.3 is 0 Å². The summed E-state index contributed by atoms with van der Waals surface area (Å²) in [5, 5.41) is 3.71. The molecule has 0 radical (unpaired) electrons. The zero-order valence-corrected chi connectivity index (χ0v) is 10.5. The van der Waals surface area contributed by atoms with E-state index in [4.69, 9.17) is 0 Å². The topological polar surface area (TPSA) is 28.2 Å². The van der Waals surface area contributed by atoms with E-state index in [9.17, 15) is 0 Å². The Labute approximate surface area is 103 Å². The van der Waals surface area contributed by atoms with Gasteiger partial charge in [-0.2, -0.15) is 0 Å². The van der Waals surface area contributed by atoms with Gasteiger partial charge in [0.05, 0.1) is 11.7 Å². The first-order valence-corrected chi connectivity index (χ1v) is 6.72. The molecule has 1 fully saturated rings. The smallest absolute Gasteiger partial charge is 0.0605 e. The zero-order chi connectivity index (χ0) is 11.7. The largest absolute Gasteiger partial charge is 0.307 e. The average molecular weight is 231 g/mol. The van der Waals surface area contributed by atoms with E-state index in [1.165, 1.54) is 43.5 Å². The Morgan fingerprint density at radius 1 is 1.47 bits per heavy atom. The number of nitrogens with zero attached hydrogens (tertiary/aromatic N) is 2. The SMILES string of the molecule is CN1CCCC1CNC1CCc2cccnc21. The lowest BCUT2D eigenvalue weighted by molar-refractivity contribution is 0.290. The fraction of sp³-hybridized carbons (Fsp3) is 0.643. The predicted molar refractivity (Wildman–Crippen MR) is 69.0 cm³/mol. The minimum atomic E-state index is 0.486. The summed E-state index contributed by atoms with van der Waals surface area (Å²) >= 11 is 0. The van der Waals surface area contributed by atoms with Crippen LogP contribution in [-0.4, -0.2) is 36.1 Å². The maximum atomic E-state index is 4.53.